The molecule has 126 valence electrons. The number of nitrogens with zero attached hydrogens (tertiary/aromatic N) is 2. The molecule has 0 atom stereocenters. The minimum atomic E-state index is -0.218. The number of aryl methyl sites for hydroxylation is 1. The third-order valence-corrected chi connectivity index (χ3v) is 6.57. The molecule has 25 heavy (non-hydrogen) atoms. The van der Waals surface area contributed by atoms with Crippen molar-refractivity contribution in [3.63, 3.8) is 0 Å². The van der Waals surface area contributed by atoms with Gasteiger partial charge in [0.1, 0.15) is 11.6 Å². The van der Waals surface area contributed by atoms with Gasteiger partial charge in [-0.15, -0.1) is 34.0 Å². The summed E-state index contributed by atoms with van der Waals surface area (Å²) in [5, 5.41) is 5.90. The maximum absolute atomic E-state index is 12.0. The molecule has 0 bridgehead atoms. The number of rotatable bonds is 6. The van der Waals surface area contributed by atoms with Crippen molar-refractivity contribution in [1.29, 1.82) is 0 Å². The van der Waals surface area contributed by atoms with Gasteiger partial charge in [-0.25, -0.2) is 9.97 Å². The summed E-state index contributed by atoms with van der Waals surface area (Å²) in [5.74, 6) is -0.218. The summed E-state index contributed by atoms with van der Waals surface area (Å²) < 4.78 is 6.49. The number of thiophene rings is 1. The first-order valence-corrected chi connectivity index (χ1v) is 10.3. The summed E-state index contributed by atoms with van der Waals surface area (Å²) in [6.45, 7) is 0.223. The summed E-state index contributed by atoms with van der Waals surface area (Å²) in [5.41, 5.74) is 1.78. The van der Waals surface area contributed by atoms with Crippen LogP contribution < -0.4 is 0 Å². The summed E-state index contributed by atoms with van der Waals surface area (Å²) in [6, 6.07) is 12.0. The number of hydrogen-bond donors (Lipinski definition) is 0. The van der Waals surface area contributed by atoms with E-state index in [-0.39, 0.29) is 12.6 Å². The van der Waals surface area contributed by atoms with Gasteiger partial charge in [0.05, 0.1) is 32.2 Å². The van der Waals surface area contributed by atoms with Crippen LogP contribution in [0, 0.1) is 0 Å². The van der Waals surface area contributed by atoms with Gasteiger partial charge in [-0.2, -0.15) is 0 Å². The van der Waals surface area contributed by atoms with Crippen LogP contribution >= 0.6 is 34.0 Å². The normalized spacial score (nSPS) is 11.0. The van der Waals surface area contributed by atoms with Crippen LogP contribution in [0.25, 0.3) is 20.1 Å². The minimum absolute atomic E-state index is 0.218. The van der Waals surface area contributed by atoms with Crippen LogP contribution in [0.5, 0.6) is 0 Å². The lowest BCUT2D eigenvalue weighted by Crippen LogP contribution is -2.06. The molecule has 0 aliphatic rings. The fourth-order valence-electron chi connectivity index (χ4n) is 2.35. The molecule has 0 unspecified atom stereocenters. The summed E-state index contributed by atoms with van der Waals surface area (Å²) >= 11 is 4.85. The molecule has 0 fully saturated rings. The second-order valence-electron chi connectivity index (χ2n) is 5.36. The Bertz CT molecular complexity index is 956. The molecule has 0 radical (unpaired) electrons. The Morgan fingerprint density at radius 1 is 1.08 bits per heavy atom. The number of para-hydroxylation sites is 1. The van der Waals surface area contributed by atoms with Crippen molar-refractivity contribution in [2.75, 3.05) is 0 Å². The van der Waals surface area contributed by atoms with Crippen LogP contribution in [0.2, 0.25) is 0 Å². The Hall–Kier alpha value is -2.09. The van der Waals surface area contributed by atoms with Gasteiger partial charge in [0.2, 0.25) is 0 Å². The van der Waals surface area contributed by atoms with Crippen molar-refractivity contribution in [3.8, 4) is 9.88 Å². The minimum Gasteiger partial charge on any atom is -0.459 e. The van der Waals surface area contributed by atoms with Crippen LogP contribution in [0.1, 0.15) is 17.1 Å². The topological polar surface area (TPSA) is 52.1 Å². The third kappa shape index (κ3) is 3.95. The molecule has 3 heterocycles. The number of carbonyl (C=O) groups excluding carboxylic acids is 1. The molecule has 4 aromatic rings. The number of esters is 1. The van der Waals surface area contributed by atoms with Gasteiger partial charge in [0.25, 0.3) is 0 Å². The SMILES string of the molecule is O=C(CCc1nc2ccccc2s1)OCc1csc(-c2cccs2)n1. The third-order valence-electron chi connectivity index (χ3n) is 3.55. The Labute approximate surface area is 156 Å². The quantitative estimate of drug-likeness (QED) is 0.430. The Balaban J connectivity index is 1.29. The largest absolute Gasteiger partial charge is 0.459 e. The zero-order chi connectivity index (χ0) is 17.1. The van der Waals surface area contributed by atoms with Gasteiger partial charge < -0.3 is 4.74 Å². The van der Waals surface area contributed by atoms with Crippen LogP contribution in [0.4, 0.5) is 0 Å². The molecular weight excluding hydrogens is 372 g/mol. The number of aromatic nitrogens is 2. The fraction of sp³-hybridized carbons (Fsp3) is 0.167. The molecule has 0 amide bonds. The van der Waals surface area contributed by atoms with E-state index in [1.807, 2.05) is 47.2 Å². The van der Waals surface area contributed by atoms with E-state index >= 15 is 0 Å². The second kappa shape index (κ2) is 7.43. The molecule has 0 saturated carbocycles. The molecule has 4 rings (SSSR count). The molecule has 0 spiro atoms. The predicted molar refractivity (Wildman–Crippen MR) is 103 cm³/mol. The highest BCUT2D eigenvalue weighted by molar-refractivity contribution is 7.20. The van der Waals surface area contributed by atoms with Gasteiger partial charge in [0.15, 0.2) is 0 Å². The van der Waals surface area contributed by atoms with E-state index in [0.717, 1.165) is 30.8 Å². The number of benzene rings is 1. The highest BCUT2D eigenvalue weighted by atomic mass is 32.1. The van der Waals surface area contributed by atoms with E-state index in [1.54, 1.807) is 34.0 Å². The van der Waals surface area contributed by atoms with E-state index in [2.05, 4.69) is 9.97 Å². The van der Waals surface area contributed by atoms with Gasteiger partial charge in [-0.3, -0.25) is 4.79 Å². The first kappa shape index (κ1) is 16.4. The number of fused-ring (bicyclic) bond motifs is 1. The van der Waals surface area contributed by atoms with E-state index in [1.165, 1.54) is 0 Å². The van der Waals surface area contributed by atoms with E-state index < -0.39 is 0 Å². The zero-order valence-corrected chi connectivity index (χ0v) is 15.6. The van der Waals surface area contributed by atoms with Crippen LogP contribution in [-0.4, -0.2) is 15.9 Å². The highest BCUT2D eigenvalue weighted by Crippen LogP contribution is 2.28. The fourth-order valence-corrected chi connectivity index (χ4v) is 4.93. The van der Waals surface area contributed by atoms with E-state index in [9.17, 15) is 4.79 Å². The maximum Gasteiger partial charge on any atom is 0.306 e. The molecule has 0 aliphatic carbocycles. The first-order valence-electron chi connectivity index (χ1n) is 7.76. The zero-order valence-electron chi connectivity index (χ0n) is 13.2. The lowest BCUT2D eigenvalue weighted by atomic mass is 10.3. The monoisotopic (exact) mass is 386 g/mol. The summed E-state index contributed by atoms with van der Waals surface area (Å²) in [7, 11) is 0. The molecule has 0 aliphatic heterocycles. The number of hydrogen-bond acceptors (Lipinski definition) is 7. The molecule has 0 saturated heterocycles. The van der Waals surface area contributed by atoms with Crippen molar-refractivity contribution >= 4 is 50.2 Å². The van der Waals surface area contributed by atoms with Gasteiger partial charge in [-0.05, 0) is 23.6 Å². The molecule has 7 heteroatoms. The van der Waals surface area contributed by atoms with Crippen LogP contribution in [0.15, 0.2) is 47.2 Å². The standard InChI is InChI=1S/C18H14N2O2S3/c21-17(8-7-16-20-13-4-1-2-5-14(13)25-16)22-10-12-11-24-18(19-12)15-6-3-9-23-15/h1-6,9,11H,7-8,10H2. The van der Waals surface area contributed by atoms with Crippen molar-refractivity contribution in [1.82, 2.24) is 9.97 Å². The van der Waals surface area contributed by atoms with Crippen molar-refractivity contribution in [2.45, 2.75) is 19.4 Å². The van der Waals surface area contributed by atoms with Crippen LogP contribution in [0.3, 0.4) is 0 Å². The molecule has 0 N–H and O–H groups in total. The highest BCUT2D eigenvalue weighted by Gasteiger charge is 2.10. The van der Waals surface area contributed by atoms with Crippen molar-refractivity contribution in [2.24, 2.45) is 0 Å². The summed E-state index contributed by atoms with van der Waals surface area (Å²) in [4.78, 5) is 22.2. The van der Waals surface area contributed by atoms with Gasteiger partial charge in [-0.1, -0.05) is 18.2 Å². The number of thiazole rings is 2. The Morgan fingerprint density at radius 2 is 2.00 bits per heavy atom. The first-order chi connectivity index (χ1) is 12.3. The molecule has 4 nitrogen and oxygen atoms in total. The predicted octanol–water partition coefficient (Wildman–Crippen LogP) is 5.16. The maximum atomic E-state index is 12.0. The lowest BCUT2D eigenvalue weighted by Gasteiger charge is -2.01. The number of ether oxygens (including phenoxy) is 1. The number of carbonyl (C=O) groups is 1. The average Bonchev–Trinajstić information content (AvgIpc) is 3.37. The second-order valence-corrected chi connectivity index (χ2v) is 8.28. The molecular formula is C18H14N2O2S3. The van der Waals surface area contributed by atoms with Crippen LogP contribution in [-0.2, 0) is 22.6 Å². The van der Waals surface area contributed by atoms with Gasteiger partial charge in [0, 0.05) is 11.8 Å². The Morgan fingerprint density at radius 3 is 2.84 bits per heavy atom. The summed E-state index contributed by atoms with van der Waals surface area (Å²) in [6.07, 6.45) is 0.942. The lowest BCUT2D eigenvalue weighted by molar-refractivity contribution is -0.145. The average molecular weight is 387 g/mol. The molecule has 3 aromatic heterocycles. The van der Waals surface area contributed by atoms with E-state index in [0.29, 0.717) is 12.8 Å². The van der Waals surface area contributed by atoms with E-state index in [4.69, 9.17) is 4.74 Å². The van der Waals surface area contributed by atoms with Crippen molar-refractivity contribution in [3.05, 3.63) is 57.9 Å². The van der Waals surface area contributed by atoms with Crippen molar-refractivity contribution < 1.29 is 9.53 Å². The Kier molecular flexibility index (Phi) is 4.87. The smallest absolute Gasteiger partial charge is 0.306 e. The molecule has 1 aromatic carbocycles. The van der Waals surface area contributed by atoms with Gasteiger partial charge >= 0.3 is 5.97 Å².